The van der Waals surface area contributed by atoms with E-state index < -0.39 is 17.8 Å². The van der Waals surface area contributed by atoms with Crippen LogP contribution in [0.15, 0.2) is 12.1 Å². The fourth-order valence-corrected chi connectivity index (χ4v) is 1.43. The first kappa shape index (κ1) is 15.2. The van der Waals surface area contributed by atoms with Crippen molar-refractivity contribution in [2.24, 2.45) is 5.92 Å². The van der Waals surface area contributed by atoms with Crippen LogP contribution < -0.4 is 5.32 Å². The number of nitrogens with one attached hydrogen (secondary N) is 1. The molecule has 5 nitrogen and oxygen atoms in total. The summed E-state index contributed by atoms with van der Waals surface area (Å²) in [7, 11) is 0. The van der Waals surface area contributed by atoms with Crippen LogP contribution in [-0.2, 0) is 11.0 Å². The number of anilines is 1. The summed E-state index contributed by atoms with van der Waals surface area (Å²) < 4.78 is 36.7. The van der Waals surface area contributed by atoms with E-state index in [1.807, 2.05) is 6.92 Å². The van der Waals surface area contributed by atoms with E-state index in [4.69, 9.17) is 5.11 Å². The summed E-state index contributed by atoms with van der Waals surface area (Å²) >= 11 is 0. The standard InChI is InChI=1S/C11H14F3N3O2/c1-2-7(5-10(18)19)6-15-9-4-3-8(16-17-9)11(12,13)14/h3-4,7H,2,5-6H2,1H3,(H,15,17)(H,18,19). The number of carbonyl (C=O) groups is 1. The fraction of sp³-hybridized carbons (Fsp3) is 0.545. The molecule has 0 fully saturated rings. The second-order valence-corrected chi connectivity index (χ2v) is 4.05. The molecule has 1 aromatic rings. The van der Waals surface area contributed by atoms with Crippen LogP contribution in [-0.4, -0.2) is 27.8 Å². The molecule has 106 valence electrons. The van der Waals surface area contributed by atoms with E-state index in [0.717, 1.165) is 6.07 Å². The SMILES string of the molecule is CCC(CNc1ccc(C(F)(F)F)nn1)CC(=O)O. The van der Waals surface area contributed by atoms with Crippen molar-refractivity contribution < 1.29 is 23.1 Å². The molecule has 0 aromatic carbocycles. The summed E-state index contributed by atoms with van der Waals surface area (Å²) in [6.45, 7) is 2.16. The molecule has 8 heteroatoms. The number of alkyl halides is 3. The molecule has 0 bridgehead atoms. The van der Waals surface area contributed by atoms with Crippen molar-refractivity contribution in [3.63, 3.8) is 0 Å². The minimum atomic E-state index is -4.51. The fourth-order valence-electron chi connectivity index (χ4n) is 1.43. The maximum Gasteiger partial charge on any atom is 0.435 e. The van der Waals surface area contributed by atoms with Gasteiger partial charge in [-0.3, -0.25) is 4.79 Å². The molecule has 2 N–H and O–H groups in total. The highest BCUT2D eigenvalue weighted by Gasteiger charge is 2.32. The Labute approximate surface area is 107 Å². The lowest BCUT2D eigenvalue weighted by molar-refractivity contribution is -0.142. The predicted octanol–water partition coefficient (Wildman–Crippen LogP) is 2.41. The van der Waals surface area contributed by atoms with E-state index in [2.05, 4.69) is 15.5 Å². The first-order valence-electron chi connectivity index (χ1n) is 5.69. The molecule has 1 heterocycles. The molecule has 0 amide bonds. The lowest BCUT2D eigenvalue weighted by atomic mass is 10.0. The number of halogens is 3. The maximum atomic E-state index is 12.2. The Morgan fingerprint density at radius 1 is 1.42 bits per heavy atom. The molecule has 19 heavy (non-hydrogen) atoms. The van der Waals surface area contributed by atoms with Crippen molar-refractivity contribution in [2.75, 3.05) is 11.9 Å². The highest BCUT2D eigenvalue weighted by molar-refractivity contribution is 5.67. The number of hydrogen-bond donors (Lipinski definition) is 2. The Hall–Kier alpha value is -1.86. The molecule has 0 saturated carbocycles. The monoisotopic (exact) mass is 277 g/mol. The largest absolute Gasteiger partial charge is 0.481 e. The first-order chi connectivity index (χ1) is 8.82. The summed E-state index contributed by atoms with van der Waals surface area (Å²) in [4.78, 5) is 10.6. The normalized spacial score (nSPS) is 13.1. The van der Waals surface area contributed by atoms with Crippen molar-refractivity contribution in [2.45, 2.75) is 25.9 Å². The van der Waals surface area contributed by atoms with Gasteiger partial charge in [0.1, 0.15) is 5.82 Å². The third-order valence-corrected chi connectivity index (χ3v) is 2.57. The van der Waals surface area contributed by atoms with Crippen LogP contribution in [0.1, 0.15) is 25.5 Å². The number of aliphatic carboxylic acids is 1. The second kappa shape index (κ2) is 6.35. The average molecular weight is 277 g/mol. The van der Waals surface area contributed by atoms with Gasteiger partial charge >= 0.3 is 12.1 Å². The van der Waals surface area contributed by atoms with E-state index in [1.54, 1.807) is 0 Å². The lowest BCUT2D eigenvalue weighted by Crippen LogP contribution is -2.18. The molecule has 0 aliphatic rings. The maximum absolute atomic E-state index is 12.2. The molecule has 0 saturated heterocycles. The number of hydrogen-bond acceptors (Lipinski definition) is 4. The van der Waals surface area contributed by atoms with Crippen molar-refractivity contribution in [3.05, 3.63) is 17.8 Å². The van der Waals surface area contributed by atoms with Crippen molar-refractivity contribution in [1.82, 2.24) is 10.2 Å². The third kappa shape index (κ3) is 5.11. The topological polar surface area (TPSA) is 75.1 Å². The molecule has 0 spiro atoms. The number of carboxylic acids is 1. The van der Waals surface area contributed by atoms with E-state index in [1.165, 1.54) is 6.07 Å². The van der Waals surface area contributed by atoms with Gasteiger partial charge in [0.2, 0.25) is 0 Å². The van der Waals surface area contributed by atoms with Gasteiger partial charge in [-0.25, -0.2) is 0 Å². The van der Waals surface area contributed by atoms with Crippen molar-refractivity contribution in [3.8, 4) is 0 Å². The summed E-state index contributed by atoms with van der Waals surface area (Å²) in [6.07, 6.45) is -3.87. The zero-order valence-corrected chi connectivity index (χ0v) is 10.2. The Balaban J connectivity index is 2.56. The number of aromatic nitrogens is 2. The summed E-state index contributed by atoms with van der Waals surface area (Å²) in [5, 5.41) is 17.9. The zero-order chi connectivity index (χ0) is 14.5. The predicted molar refractivity (Wildman–Crippen MR) is 61.6 cm³/mol. The molecule has 0 aliphatic heterocycles. The van der Waals surface area contributed by atoms with Gasteiger partial charge in [-0.15, -0.1) is 10.2 Å². The zero-order valence-electron chi connectivity index (χ0n) is 10.2. The van der Waals surface area contributed by atoms with Gasteiger partial charge in [-0.05, 0) is 18.1 Å². The first-order valence-corrected chi connectivity index (χ1v) is 5.69. The van der Waals surface area contributed by atoms with E-state index in [0.29, 0.717) is 13.0 Å². The molecule has 1 unspecified atom stereocenters. The second-order valence-electron chi connectivity index (χ2n) is 4.05. The highest BCUT2D eigenvalue weighted by Crippen LogP contribution is 2.27. The van der Waals surface area contributed by atoms with Gasteiger partial charge in [0.25, 0.3) is 0 Å². The van der Waals surface area contributed by atoms with Gasteiger partial charge in [0.05, 0.1) is 0 Å². The Kier molecular flexibility index (Phi) is 5.08. The van der Waals surface area contributed by atoms with E-state index in [9.17, 15) is 18.0 Å². The third-order valence-electron chi connectivity index (χ3n) is 2.57. The van der Waals surface area contributed by atoms with Crippen molar-refractivity contribution >= 4 is 11.8 Å². The lowest BCUT2D eigenvalue weighted by Gasteiger charge is -2.13. The van der Waals surface area contributed by atoms with Crippen LogP contribution in [0, 0.1) is 5.92 Å². The van der Waals surface area contributed by atoms with Crippen LogP contribution in [0.5, 0.6) is 0 Å². The van der Waals surface area contributed by atoms with Crippen LogP contribution in [0.25, 0.3) is 0 Å². The highest BCUT2D eigenvalue weighted by atomic mass is 19.4. The molecule has 1 atom stereocenters. The summed E-state index contributed by atoms with van der Waals surface area (Å²) in [6, 6.07) is 2.00. The smallest absolute Gasteiger partial charge is 0.435 e. The van der Waals surface area contributed by atoms with Gasteiger partial charge in [-0.1, -0.05) is 13.3 Å². The minimum absolute atomic E-state index is 0.00242. The minimum Gasteiger partial charge on any atom is -0.481 e. The number of carboxylic acid groups (broad SMARTS) is 1. The quantitative estimate of drug-likeness (QED) is 0.835. The number of rotatable bonds is 6. The van der Waals surface area contributed by atoms with Gasteiger partial charge in [0, 0.05) is 13.0 Å². The summed E-state index contributed by atoms with van der Waals surface area (Å²) in [5.74, 6) is -0.828. The number of nitrogens with zero attached hydrogens (tertiary/aromatic N) is 2. The molecular weight excluding hydrogens is 263 g/mol. The Morgan fingerprint density at radius 2 is 2.11 bits per heavy atom. The van der Waals surface area contributed by atoms with Crippen LogP contribution in [0.4, 0.5) is 19.0 Å². The van der Waals surface area contributed by atoms with Gasteiger partial charge in [-0.2, -0.15) is 13.2 Å². The molecule has 1 aromatic heterocycles. The van der Waals surface area contributed by atoms with E-state index >= 15 is 0 Å². The van der Waals surface area contributed by atoms with E-state index in [-0.39, 0.29) is 18.2 Å². The van der Waals surface area contributed by atoms with Crippen LogP contribution in [0.3, 0.4) is 0 Å². The van der Waals surface area contributed by atoms with Gasteiger partial charge in [0.15, 0.2) is 5.69 Å². The Bertz CT molecular complexity index is 420. The molecule has 0 aliphatic carbocycles. The summed E-state index contributed by atoms with van der Waals surface area (Å²) in [5.41, 5.74) is -1.06. The Morgan fingerprint density at radius 3 is 2.53 bits per heavy atom. The van der Waals surface area contributed by atoms with Crippen LogP contribution >= 0.6 is 0 Å². The molecule has 0 radical (unpaired) electrons. The molecular formula is C11H14F3N3O2. The van der Waals surface area contributed by atoms with Gasteiger partial charge < -0.3 is 10.4 Å². The molecule has 1 rings (SSSR count). The average Bonchev–Trinajstić information content (AvgIpc) is 2.33. The van der Waals surface area contributed by atoms with Crippen molar-refractivity contribution in [1.29, 1.82) is 0 Å². The van der Waals surface area contributed by atoms with Crippen LogP contribution in [0.2, 0.25) is 0 Å².